The maximum absolute atomic E-state index is 12.9. The maximum Gasteiger partial charge on any atom is 0.223 e. The van der Waals surface area contributed by atoms with Crippen molar-refractivity contribution in [1.29, 1.82) is 0 Å². The number of hydrogen-bond donors (Lipinski definition) is 1. The summed E-state index contributed by atoms with van der Waals surface area (Å²) in [5, 5.41) is 0. The Morgan fingerprint density at radius 3 is 2.47 bits per heavy atom. The minimum atomic E-state index is -0.256. The van der Waals surface area contributed by atoms with Crippen molar-refractivity contribution in [2.75, 3.05) is 13.1 Å². The molecule has 4 heteroatoms. The Hall–Kier alpha value is -1.42. The van der Waals surface area contributed by atoms with Crippen LogP contribution in [0.15, 0.2) is 24.3 Å². The molecule has 0 radical (unpaired) electrons. The first-order valence-electron chi connectivity index (χ1n) is 6.85. The highest BCUT2D eigenvalue weighted by atomic mass is 19.1. The van der Waals surface area contributed by atoms with Crippen molar-refractivity contribution in [3.05, 3.63) is 35.6 Å². The number of unbranched alkanes of at least 4 members (excludes halogenated alkanes) is 1. The predicted octanol–water partition coefficient (Wildman–Crippen LogP) is 2.86. The van der Waals surface area contributed by atoms with Crippen LogP contribution in [0.3, 0.4) is 0 Å². The SMILES string of the molecule is CCN(C(=O)CCCCN)C(C)c1ccc(F)cc1. The molecule has 1 atom stereocenters. The number of carbonyl (C=O) groups excluding carboxylic acids is 1. The van der Waals surface area contributed by atoms with Crippen LogP contribution >= 0.6 is 0 Å². The quantitative estimate of drug-likeness (QED) is 0.771. The molecule has 1 aromatic carbocycles. The molecule has 0 saturated carbocycles. The molecule has 0 aliphatic carbocycles. The van der Waals surface area contributed by atoms with Gasteiger partial charge in [0.15, 0.2) is 0 Å². The van der Waals surface area contributed by atoms with E-state index in [9.17, 15) is 9.18 Å². The number of amides is 1. The molecule has 0 fully saturated rings. The molecular weight excluding hydrogens is 243 g/mol. The fourth-order valence-electron chi connectivity index (χ4n) is 2.15. The van der Waals surface area contributed by atoms with Crippen LogP contribution in [-0.2, 0) is 4.79 Å². The van der Waals surface area contributed by atoms with Crippen molar-refractivity contribution in [2.45, 2.75) is 39.2 Å². The van der Waals surface area contributed by atoms with E-state index in [1.165, 1.54) is 12.1 Å². The van der Waals surface area contributed by atoms with E-state index >= 15 is 0 Å². The number of hydrogen-bond acceptors (Lipinski definition) is 2. The third kappa shape index (κ3) is 4.63. The van der Waals surface area contributed by atoms with E-state index in [0.717, 1.165) is 18.4 Å². The van der Waals surface area contributed by atoms with Crippen LogP contribution in [0.1, 0.15) is 44.7 Å². The van der Waals surface area contributed by atoms with E-state index in [2.05, 4.69) is 0 Å². The average molecular weight is 266 g/mol. The molecule has 0 aliphatic heterocycles. The molecule has 2 N–H and O–H groups in total. The Bertz CT molecular complexity index is 392. The molecule has 1 aromatic rings. The Morgan fingerprint density at radius 2 is 1.95 bits per heavy atom. The predicted molar refractivity (Wildman–Crippen MR) is 75.1 cm³/mol. The zero-order valence-corrected chi connectivity index (χ0v) is 11.7. The van der Waals surface area contributed by atoms with Crippen molar-refractivity contribution in [1.82, 2.24) is 4.90 Å². The summed E-state index contributed by atoms with van der Waals surface area (Å²) in [7, 11) is 0. The van der Waals surface area contributed by atoms with Gasteiger partial charge in [-0.15, -0.1) is 0 Å². The van der Waals surface area contributed by atoms with Crippen molar-refractivity contribution < 1.29 is 9.18 Å². The smallest absolute Gasteiger partial charge is 0.223 e. The zero-order chi connectivity index (χ0) is 14.3. The largest absolute Gasteiger partial charge is 0.336 e. The Labute approximate surface area is 114 Å². The second-order valence-electron chi connectivity index (χ2n) is 4.65. The molecule has 0 heterocycles. The first kappa shape index (κ1) is 15.6. The molecular formula is C15H23FN2O. The molecule has 0 aliphatic rings. The number of nitrogens with two attached hydrogens (primary N) is 1. The van der Waals surface area contributed by atoms with E-state index < -0.39 is 0 Å². The van der Waals surface area contributed by atoms with Gasteiger partial charge in [-0.1, -0.05) is 12.1 Å². The van der Waals surface area contributed by atoms with E-state index in [-0.39, 0.29) is 17.8 Å². The summed E-state index contributed by atoms with van der Waals surface area (Å²) in [4.78, 5) is 14.0. The molecule has 106 valence electrons. The summed E-state index contributed by atoms with van der Waals surface area (Å²) in [6, 6.07) is 6.29. The topological polar surface area (TPSA) is 46.3 Å². The number of nitrogens with zero attached hydrogens (tertiary/aromatic N) is 1. The highest BCUT2D eigenvalue weighted by molar-refractivity contribution is 5.76. The van der Waals surface area contributed by atoms with Gasteiger partial charge in [0.2, 0.25) is 5.91 Å². The summed E-state index contributed by atoms with van der Waals surface area (Å²) >= 11 is 0. The van der Waals surface area contributed by atoms with E-state index in [1.807, 2.05) is 18.7 Å². The highest BCUT2D eigenvalue weighted by Gasteiger charge is 2.19. The van der Waals surface area contributed by atoms with Gasteiger partial charge in [0.25, 0.3) is 0 Å². The van der Waals surface area contributed by atoms with Gasteiger partial charge < -0.3 is 10.6 Å². The van der Waals surface area contributed by atoms with Gasteiger partial charge in [0.1, 0.15) is 5.82 Å². The molecule has 1 rings (SSSR count). The van der Waals surface area contributed by atoms with Gasteiger partial charge in [0, 0.05) is 13.0 Å². The minimum Gasteiger partial charge on any atom is -0.336 e. The lowest BCUT2D eigenvalue weighted by atomic mass is 10.1. The second kappa shape index (κ2) is 7.89. The van der Waals surface area contributed by atoms with Crippen LogP contribution in [-0.4, -0.2) is 23.9 Å². The fraction of sp³-hybridized carbons (Fsp3) is 0.533. The summed E-state index contributed by atoms with van der Waals surface area (Å²) in [6.07, 6.45) is 2.22. The molecule has 0 spiro atoms. The van der Waals surface area contributed by atoms with Gasteiger partial charge in [-0.05, 0) is 50.9 Å². The number of rotatable bonds is 7. The van der Waals surface area contributed by atoms with Crippen LogP contribution in [0.25, 0.3) is 0 Å². The van der Waals surface area contributed by atoms with Crippen molar-refractivity contribution >= 4 is 5.91 Å². The van der Waals surface area contributed by atoms with E-state index in [1.54, 1.807) is 12.1 Å². The molecule has 0 bridgehead atoms. The Balaban J connectivity index is 2.67. The monoisotopic (exact) mass is 266 g/mol. The Kier molecular flexibility index (Phi) is 6.50. The van der Waals surface area contributed by atoms with E-state index in [0.29, 0.717) is 19.5 Å². The van der Waals surface area contributed by atoms with Gasteiger partial charge in [0.05, 0.1) is 6.04 Å². The summed E-state index contributed by atoms with van der Waals surface area (Å²) in [5.74, 6) is -0.124. The van der Waals surface area contributed by atoms with Gasteiger partial charge in [-0.2, -0.15) is 0 Å². The van der Waals surface area contributed by atoms with Crippen molar-refractivity contribution in [3.8, 4) is 0 Å². The van der Waals surface area contributed by atoms with E-state index in [4.69, 9.17) is 5.73 Å². The molecule has 0 aromatic heterocycles. The van der Waals surface area contributed by atoms with Crippen LogP contribution < -0.4 is 5.73 Å². The van der Waals surface area contributed by atoms with Crippen molar-refractivity contribution in [2.24, 2.45) is 5.73 Å². The summed E-state index contributed by atoms with van der Waals surface area (Å²) < 4.78 is 12.9. The third-order valence-electron chi connectivity index (χ3n) is 3.33. The standard InChI is InChI=1S/C15H23FN2O/c1-3-18(15(19)6-4-5-11-17)12(2)13-7-9-14(16)10-8-13/h7-10,12H,3-6,11,17H2,1-2H3. The number of carbonyl (C=O) groups is 1. The molecule has 0 saturated heterocycles. The maximum atomic E-state index is 12.9. The third-order valence-corrected chi connectivity index (χ3v) is 3.33. The lowest BCUT2D eigenvalue weighted by molar-refractivity contribution is -0.133. The zero-order valence-electron chi connectivity index (χ0n) is 11.7. The Morgan fingerprint density at radius 1 is 1.32 bits per heavy atom. The highest BCUT2D eigenvalue weighted by Crippen LogP contribution is 2.21. The van der Waals surface area contributed by atoms with Crippen LogP contribution in [0.5, 0.6) is 0 Å². The average Bonchev–Trinajstić information content (AvgIpc) is 2.40. The first-order chi connectivity index (χ1) is 9.10. The lowest BCUT2D eigenvalue weighted by Gasteiger charge is -2.28. The van der Waals surface area contributed by atoms with Gasteiger partial charge in [-0.3, -0.25) is 4.79 Å². The number of halogens is 1. The minimum absolute atomic E-state index is 0.0315. The van der Waals surface area contributed by atoms with Crippen molar-refractivity contribution in [3.63, 3.8) is 0 Å². The lowest BCUT2D eigenvalue weighted by Crippen LogP contribution is -2.33. The molecule has 3 nitrogen and oxygen atoms in total. The van der Waals surface area contributed by atoms with Crippen LogP contribution in [0.4, 0.5) is 4.39 Å². The fourth-order valence-corrected chi connectivity index (χ4v) is 2.15. The van der Waals surface area contributed by atoms with Crippen LogP contribution in [0, 0.1) is 5.82 Å². The van der Waals surface area contributed by atoms with Gasteiger partial charge in [-0.25, -0.2) is 4.39 Å². The van der Waals surface area contributed by atoms with Gasteiger partial charge >= 0.3 is 0 Å². The normalized spacial score (nSPS) is 12.2. The first-order valence-corrected chi connectivity index (χ1v) is 6.85. The molecule has 1 unspecified atom stereocenters. The second-order valence-corrected chi connectivity index (χ2v) is 4.65. The molecule has 1 amide bonds. The number of benzene rings is 1. The van der Waals surface area contributed by atoms with Crippen LogP contribution in [0.2, 0.25) is 0 Å². The summed E-state index contributed by atoms with van der Waals surface area (Å²) in [5.41, 5.74) is 6.38. The summed E-state index contributed by atoms with van der Waals surface area (Å²) in [6.45, 7) is 5.20. The molecule has 19 heavy (non-hydrogen) atoms.